The van der Waals surface area contributed by atoms with E-state index in [9.17, 15) is 13.0 Å². The maximum Gasteiger partial charge on any atom is 0.271 e. The minimum Gasteiger partial charge on any atom is -0.492 e. The summed E-state index contributed by atoms with van der Waals surface area (Å²) in [5.41, 5.74) is 2.54. The van der Waals surface area contributed by atoms with Gasteiger partial charge in [0.05, 0.1) is 0 Å². The Hall–Kier alpha value is -1.07. The predicted octanol–water partition coefficient (Wildman–Crippen LogP) is 5.98. The molecule has 1 aromatic rings. The molecule has 0 aliphatic rings. The first-order valence-electron chi connectivity index (χ1n) is 10.6. The number of hydrogen-bond acceptors (Lipinski definition) is 3. The summed E-state index contributed by atoms with van der Waals surface area (Å²) in [6.07, 6.45) is 12.0. The summed E-state index contributed by atoms with van der Waals surface area (Å²) < 4.78 is 38.2. The fraction of sp³-hybridized carbons (Fsp3) is 0.727. The van der Waals surface area contributed by atoms with Crippen LogP contribution < -0.4 is 4.74 Å². The van der Waals surface area contributed by atoms with Gasteiger partial charge in [-0.1, -0.05) is 71.4 Å². The zero-order chi connectivity index (χ0) is 20.1. The molecule has 0 aromatic heterocycles. The highest BCUT2D eigenvalue weighted by molar-refractivity contribution is 7.86. The van der Waals surface area contributed by atoms with Crippen molar-refractivity contribution in [3.05, 3.63) is 29.3 Å². The Morgan fingerprint density at radius 1 is 0.926 bits per heavy atom. The van der Waals surface area contributed by atoms with Crippen LogP contribution in [-0.2, 0) is 23.0 Å². The minimum atomic E-state index is -4.08. The molecule has 0 radical (unpaired) electrons. The average molecular weight is 399 g/mol. The molecule has 4 nitrogen and oxygen atoms in total. The summed E-state index contributed by atoms with van der Waals surface area (Å²) in [5.74, 6) is 0.779. The Labute approximate surface area is 166 Å². The van der Waals surface area contributed by atoms with Crippen molar-refractivity contribution in [3.63, 3.8) is 0 Å². The predicted molar refractivity (Wildman–Crippen MR) is 113 cm³/mol. The van der Waals surface area contributed by atoms with E-state index in [4.69, 9.17) is 4.74 Å². The van der Waals surface area contributed by atoms with Gasteiger partial charge < -0.3 is 4.74 Å². The van der Waals surface area contributed by atoms with Crippen LogP contribution >= 0.6 is 0 Å². The van der Waals surface area contributed by atoms with Gasteiger partial charge in [0.1, 0.15) is 17.6 Å². The standard InChI is InChI=1S/C22H38O4S/c1-4-7-9-11-14-19-15-13-17-22(21(19)16-12-10-8-5-2)26-18-20(6-3)27(23,24)25/h13,15,17,20H,4-12,14,16,18H2,1-3H3,(H,23,24,25). The van der Waals surface area contributed by atoms with Crippen LogP contribution in [0.25, 0.3) is 0 Å². The third-order valence-corrected chi connectivity index (χ3v) is 6.42. The molecule has 156 valence electrons. The second-order valence-electron chi connectivity index (χ2n) is 7.37. The van der Waals surface area contributed by atoms with Gasteiger partial charge in [-0.25, -0.2) is 0 Å². The fourth-order valence-electron chi connectivity index (χ4n) is 3.33. The molecule has 0 saturated heterocycles. The van der Waals surface area contributed by atoms with Crippen LogP contribution in [-0.4, -0.2) is 24.8 Å². The molecule has 0 heterocycles. The van der Waals surface area contributed by atoms with Crippen molar-refractivity contribution in [1.29, 1.82) is 0 Å². The molecule has 1 atom stereocenters. The molecule has 0 amide bonds. The van der Waals surface area contributed by atoms with Crippen LogP contribution in [0.1, 0.15) is 89.7 Å². The summed E-state index contributed by atoms with van der Waals surface area (Å²) in [4.78, 5) is 0. The molecule has 0 saturated carbocycles. The Balaban J connectivity index is 2.88. The van der Waals surface area contributed by atoms with E-state index in [1.807, 2.05) is 12.1 Å². The molecular formula is C22H38O4S. The highest BCUT2D eigenvalue weighted by Crippen LogP contribution is 2.27. The number of rotatable bonds is 15. The molecule has 0 aliphatic heterocycles. The Morgan fingerprint density at radius 2 is 1.56 bits per heavy atom. The normalized spacial score (nSPS) is 12.9. The van der Waals surface area contributed by atoms with E-state index in [0.717, 1.165) is 25.0 Å². The van der Waals surface area contributed by atoms with E-state index < -0.39 is 15.4 Å². The summed E-state index contributed by atoms with van der Waals surface area (Å²) in [6, 6.07) is 6.10. The van der Waals surface area contributed by atoms with Crippen LogP contribution in [0.2, 0.25) is 0 Å². The molecule has 1 N–H and O–H groups in total. The lowest BCUT2D eigenvalue weighted by Crippen LogP contribution is -2.27. The molecule has 27 heavy (non-hydrogen) atoms. The van der Waals surface area contributed by atoms with E-state index in [2.05, 4.69) is 19.9 Å². The number of unbranched alkanes of at least 4 members (excludes halogenated alkanes) is 6. The second kappa shape index (κ2) is 13.2. The largest absolute Gasteiger partial charge is 0.492 e. The van der Waals surface area contributed by atoms with Crippen molar-refractivity contribution < 1.29 is 17.7 Å². The van der Waals surface area contributed by atoms with Gasteiger partial charge in [-0.2, -0.15) is 8.42 Å². The van der Waals surface area contributed by atoms with Gasteiger partial charge >= 0.3 is 0 Å². The van der Waals surface area contributed by atoms with E-state index in [1.165, 1.54) is 56.1 Å². The Bertz CT molecular complexity index is 625. The van der Waals surface area contributed by atoms with Gasteiger partial charge in [-0.15, -0.1) is 0 Å². The molecule has 0 fully saturated rings. The summed E-state index contributed by atoms with van der Waals surface area (Å²) in [6.45, 7) is 6.16. The molecule has 1 aromatic carbocycles. The van der Waals surface area contributed by atoms with E-state index in [1.54, 1.807) is 6.92 Å². The van der Waals surface area contributed by atoms with Gasteiger partial charge in [-0.05, 0) is 49.3 Å². The van der Waals surface area contributed by atoms with E-state index in [0.29, 0.717) is 6.42 Å². The maximum atomic E-state index is 11.5. The number of aryl methyl sites for hydroxylation is 1. The number of benzene rings is 1. The minimum absolute atomic E-state index is 0.00339. The second-order valence-corrected chi connectivity index (χ2v) is 9.07. The van der Waals surface area contributed by atoms with Crippen molar-refractivity contribution in [3.8, 4) is 5.75 Å². The lowest BCUT2D eigenvalue weighted by atomic mass is 9.96. The van der Waals surface area contributed by atoms with Crippen molar-refractivity contribution in [1.82, 2.24) is 0 Å². The third kappa shape index (κ3) is 9.11. The molecule has 0 spiro atoms. The van der Waals surface area contributed by atoms with Gasteiger partial charge in [0, 0.05) is 0 Å². The number of ether oxygens (including phenoxy) is 1. The van der Waals surface area contributed by atoms with Crippen LogP contribution in [0.15, 0.2) is 18.2 Å². The SMILES string of the molecule is CCCCCCc1cccc(OCC(CC)S(=O)(=O)O)c1CCCCCC. The third-order valence-electron chi connectivity index (χ3n) is 5.11. The molecule has 1 rings (SSSR count). The highest BCUT2D eigenvalue weighted by atomic mass is 32.2. The van der Waals surface area contributed by atoms with Gasteiger partial charge in [0.2, 0.25) is 0 Å². The summed E-state index contributed by atoms with van der Waals surface area (Å²) in [5, 5.41) is -0.876. The lowest BCUT2D eigenvalue weighted by molar-refractivity contribution is 0.298. The van der Waals surface area contributed by atoms with Crippen LogP contribution in [0.5, 0.6) is 5.75 Å². The molecule has 1 unspecified atom stereocenters. The lowest BCUT2D eigenvalue weighted by Gasteiger charge is -2.18. The van der Waals surface area contributed by atoms with Crippen molar-refractivity contribution in [2.45, 2.75) is 96.7 Å². The van der Waals surface area contributed by atoms with Gasteiger partial charge in [0.25, 0.3) is 10.1 Å². The van der Waals surface area contributed by atoms with Crippen LogP contribution in [0, 0.1) is 0 Å². The monoisotopic (exact) mass is 398 g/mol. The summed E-state index contributed by atoms with van der Waals surface area (Å²) in [7, 11) is -4.08. The van der Waals surface area contributed by atoms with E-state index in [-0.39, 0.29) is 6.61 Å². The Kier molecular flexibility index (Phi) is 11.7. The first-order chi connectivity index (χ1) is 12.9. The Morgan fingerprint density at radius 3 is 2.11 bits per heavy atom. The first-order valence-corrected chi connectivity index (χ1v) is 12.1. The highest BCUT2D eigenvalue weighted by Gasteiger charge is 2.22. The zero-order valence-electron chi connectivity index (χ0n) is 17.4. The van der Waals surface area contributed by atoms with E-state index >= 15 is 0 Å². The van der Waals surface area contributed by atoms with Crippen molar-refractivity contribution in [2.24, 2.45) is 0 Å². The quantitative estimate of drug-likeness (QED) is 0.292. The fourth-order valence-corrected chi connectivity index (χ4v) is 3.99. The van der Waals surface area contributed by atoms with Crippen molar-refractivity contribution >= 4 is 10.1 Å². The first kappa shape index (κ1) is 24.0. The van der Waals surface area contributed by atoms with Crippen LogP contribution in [0.4, 0.5) is 0 Å². The van der Waals surface area contributed by atoms with Gasteiger partial charge in [-0.3, -0.25) is 4.55 Å². The maximum absolute atomic E-state index is 11.5. The average Bonchev–Trinajstić information content (AvgIpc) is 2.63. The topological polar surface area (TPSA) is 63.6 Å². The molecule has 5 heteroatoms. The van der Waals surface area contributed by atoms with Crippen LogP contribution in [0.3, 0.4) is 0 Å². The van der Waals surface area contributed by atoms with Gasteiger partial charge in [0.15, 0.2) is 0 Å². The molecule has 0 bridgehead atoms. The summed E-state index contributed by atoms with van der Waals surface area (Å²) >= 11 is 0. The molecular weight excluding hydrogens is 360 g/mol. The van der Waals surface area contributed by atoms with Crippen molar-refractivity contribution in [2.75, 3.05) is 6.61 Å². The number of hydrogen-bond donors (Lipinski definition) is 1. The molecule has 0 aliphatic carbocycles. The smallest absolute Gasteiger partial charge is 0.271 e. The zero-order valence-corrected chi connectivity index (χ0v) is 18.2.